The van der Waals surface area contributed by atoms with Gasteiger partial charge in [0, 0.05) is 19.2 Å². The van der Waals surface area contributed by atoms with Crippen molar-refractivity contribution in [3.63, 3.8) is 0 Å². The number of unbranched alkanes of at least 4 members (excludes halogenated alkanes) is 13. The van der Waals surface area contributed by atoms with E-state index in [1.165, 1.54) is 83.5 Å². The van der Waals surface area contributed by atoms with E-state index in [0.29, 0.717) is 18.8 Å². The van der Waals surface area contributed by atoms with Gasteiger partial charge in [0.15, 0.2) is 0 Å². The van der Waals surface area contributed by atoms with E-state index in [2.05, 4.69) is 28.2 Å². The molecule has 1 aromatic rings. The van der Waals surface area contributed by atoms with Crippen molar-refractivity contribution in [1.29, 1.82) is 0 Å². The number of hydrogen-bond donors (Lipinski definition) is 1. The molecule has 1 rings (SSSR count). The lowest BCUT2D eigenvalue weighted by molar-refractivity contribution is 0.0952. The van der Waals surface area contributed by atoms with Gasteiger partial charge in [-0.15, -0.1) is 0 Å². The predicted octanol–water partition coefficient (Wildman–Crippen LogP) is 7.69. The molecule has 1 N–H and O–H groups in total. The van der Waals surface area contributed by atoms with E-state index in [9.17, 15) is 4.79 Å². The molecule has 31 heavy (non-hydrogen) atoms. The van der Waals surface area contributed by atoms with Crippen LogP contribution in [0.25, 0.3) is 0 Å². The van der Waals surface area contributed by atoms with Crippen LogP contribution < -0.4 is 10.1 Å². The molecule has 0 fully saturated rings. The van der Waals surface area contributed by atoms with Crippen molar-refractivity contribution in [3.8, 4) is 5.75 Å². The Balaban J connectivity index is 1.98. The number of carbonyl (C=O) groups is 1. The first-order valence-corrected chi connectivity index (χ1v) is 13.2. The SMILES string of the molecule is CCCCCCCCCCCCCCCCNC(=O)c1ccc(OCCOC)c(Br)c1. The average Bonchev–Trinajstić information content (AvgIpc) is 2.77. The first-order chi connectivity index (χ1) is 15.2. The van der Waals surface area contributed by atoms with Gasteiger partial charge in [0.25, 0.3) is 5.91 Å². The van der Waals surface area contributed by atoms with Crippen molar-refractivity contribution in [1.82, 2.24) is 5.32 Å². The molecular weight excluding hydrogens is 454 g/mol. The first kappa shape index (κ1) is 28.0. The Hall–Kier alpha value is -1.07. The van der Waals surface area contributed by atoms with Crippen LogP contribution in [0.15, 0.2) is 22.7 Å². The van der Waals surface area contributed by atoms with E-state index >= 15 is 0 Å². The molecule has 0 radical (unpaired) electrons. The predicted molar refractivity (Wildman–Crippen MR) is 134 cm³/mol. The number of rotatable bonds is 20. The first-order valence-electron chi connectivity index (χ1n) is 12.4. The minimum absolute atomic E-state index is 0.0289. The molecule has 0 aliphatic heterocycles. The molecule has 0 spiro atoms. The lowest BCUT2D eigenvalue weighted by Gasteiger charge is -2.10. The van der Waals surface area contributed by atoms with Crippen LogP contribution in [0.5, 0.6) is 5.75 Å². The van der Waals surface area contributed by atoms with Crippen LogP contribution in [0.4, 0.5) is 0 Å². The summed E-state index contributed by atoms with van der Waals surface area (Å²) in [6.07, 6.45) is 18.8. The maximum atomic E-state index is 12.3. The fraction of sp³-hybridized carbons (Fsp3) is 0.731. The maximum Gasteiger partial charge on any atom is 0.251 e. The number of hydrogen-bond acceptors (Lipinski definition) is 3. The number of amides is 1. The van der Waals surface area contributed by atoms with E-state index in [1.807, 2.05) is 12.1 Å². The molecule has 0 saturated heterocycles. The topological polar surface area (TPSA) is 47.6 Å². The molecule has 0 unspecified atom stereocenters. The van der Waals surface area contributed by atoms with Crippen LogP contribution >= 0.6 is 15.9 Å². The molecule has 0 atom stereocenters. The van der Waals surface area contributed by atoms with E-state index in [4.69, 9.17) is 9.47 Å². The largest absolute Gasteiger partial charge is 0.490 e. The van der Waals surface area contributed by atoms with E-state index < -0.39 is 0 Å². The summed E-state index contributed by atoms with van der Waals surface area (Å²) in [7, 11) is 1.64. The summed E-state index contributed by atoms with van der Waals surface area (Å²) < 4.78 is 11.4. The van der Waals surface area contributed by atoms with E-state index in [-0.39, 0.29) is 5.91 Å². The summed E-state index contributed by atoms with van der Waals surface area (Å²) in [5, 5.41) is 3.02. The van der Waals surface area contributed by atoms with Crippen molar-refractivity contribution in [3.05, 3.63) is 28.2 Å². The molecule has 0 bridgehead atoms. The highest BCUT2D eigenvalue weighted by Crippen LogP contribution is 2.26. The van der Waals surface area contributed by atoms with Gasteiger partial charge in [0.05, 0.1) is 11.1 Å². The molecule has 0 saturated carbocycles. The monoisotopic (exact) mass is 497 g/mol. The van der Waals surface area contributed by atoms with Crippen LogP contribution in [-0.2, 0) is 4.74 Å². The fourth-order valence-corrected chi connectivity index (χ4v) is 4.11. The van der Waals surface area contributed by atoms with Gasteiger partial charge in [-0.1, -0.05) is 90.4 Å². The summed E-state index contributed by atoms with van der Waals surface area (Å²) >= 11 is 3.47. The van der Waals surface area contributed by atoms with Gasteiger partial charge in [0.2, 0.25) is 0 Å². The summed E-state index contributed by atoms with van der Waals surface area (Å²) in [6, 6.07) is 5.43. The molecule has 5 heteroatoms. The number of methoxy groups -OCH3 is 1. The summed E-state index contributed by atoms with van der Waals surface area (Å²) in [5.41, 5.74) is 0.649. The third-order valence-corrected chi connectivity index (χ3v) is 6.17. The highest BCUT2D eigenvalue weighted by atomic mass is 79.9. The average molecular weight is 499 g/mol. The number of carbonyl (C=O) groups excluding carboxylic acids is 1. The summed E-state index contributed by atoms with van der Waals surface area (Å²) in [5.74, 6) is 0.694. The van der Waals surface area contributed by atoms with Crippen molar-refractivity contribution < 1.29 is 14.3 Å². The third kappa shape index (κ3) is 14.6. The minimum atomic E-state index is -0.0289. The van der Waals surface area contributed by atoms with Crippen LogP contribution in [0.3, 0.4) is 0 Å². The van der Waals surface area contributed by atoms with Crippen LogP contribution in [0.2, 0.25) is 0 Å². The number of halogens is 1. The second-order valence-electron chi connectivity index (χ2n) is 8.34. The van der Waals surface area contributed by atoms with E-state index in [1.54, 1.807) is 13.2 Å². The van der Waals surface area contributed by atoms with Crippen molar-refractivity contribution in [2.24, 2.45) is 0 Å². The molecule has 1 amide bonds. The smallest absolute Gasteiger partial charge is 0.251 e. The zero-order chi connectivity index (χ0) is 22.6. The fourth-order valence-electron chi connectivity index (χ4n) is 3.62. The Morgan fingerprint density at radius 1 is 0.839 bits per heavy atom. The van der Waals surface area contributed by atoms with Gasteiger partial charge in [-0.2, -0.15) is 0 Å². The Morgan fingerprint density at radius 2 is 1.39 bits per heavy atom. The molecule has 4 nitrogen and oxygen atoms in total. The zero-order valence-corrected chi connectivity index (χ0v) is 21.4. The van der Waals surface area contributed by atoms with Crippen LogP contribution in [-0.4, -0.2) is 32.8 Å². The molecular formula is C26H44BrNO3. The molecule has 0 aliphatic carbocycles. The second-order valence-corrected chi connectivity index (χ2v) is 9.19. The third-order valence-electron chi connectivity index (χ3n) is 5.55. The molecule has 0 aromatic heterocycles. The Kier molecular flexibility index (Phi) is 17.7. The van der Waals surface area contributed by atoms with Gasteiger partial charge < -0.3 is 14.8 Å². The lowest BCUT2D eigenvalue weighted by Crippen LogP contribution is -2.24. The summed E-state index contributed by atoms with van der Waals surface area (Å²) in [4.78, 5) is 12.3. The van der Waals surface area contributed by atoms with Gasteiger partial charge in [-0.25, -0.2) is 0 Å². The maximum absolute atomic E-state index is 12.3. The number of nitrogens with one attached hydrogen (secondary N) is 1. The Labute approximate surface area is 199 Å². The molecule has 0 aliphatic rings. The van der Waals surface area contributed by atoms with Crippen molar-refractivity contribution >= 4 is 21.8 Å². The van der Waals surface area contributed by atoms with Gasteiger partial charge >= 0.3 is 0 Å². The normalized spacial score (nSPS) is 10.9. The standard InChI is InChI=1S/C26H44BrNO3/c1-3-4-5-6-7-8-9-10-11-12-13-14-15-16-19-28-26(29)23-17-18-25(24(27)22-23)31-21-20-30-2/h17-18,22H,3-16,19-21H2,1-2H3,(H,28,29). The van der Waals surface area contributed by atoms with Crippen molar-refractivity contribution in [2.45, 2.75) is 96.8 Å². The van der Waals surface area contributed by atoms with Crippen LogP contribution in [0, 0.1) is 0 Å². The lowest BCUT2D eigenvalue weighted by atomic mass is 10.0. The second kappa shape index (κ2) is 19.6. The number of benzene rings is 1. The van der Waals surface area contributed by atoms with E-state index in [0.717, 1.165) is 23.2 Å². The zero-order valence-electron chi connectivity index (χ0n) is 19.9. The molecule has 1 aromatic carbocycles. The van der Waals surface area contributed by atoms with Gasteiger partial charge in [-0.05, 0) is 40.5 Å². The summed E-state index contributed by atoms with van der Waals surface area (Å²) in [6.45, 7) is 4.03. The Morgan fingerprint density at radius 3 is 1.90 bits per heavy atom. The molecule has 178 valence electrons. The quantitative estimate of drug-likeness (QED) is 0.188. The highest BCUT2D eigenvalue weighted by Gasteiger charge is 2.09. The van der Waals surface area contributed by atoms with Crippen molar-refractivity contribution in [2.75, 3.05) is 26.9 Å². The highest BCUT2D eigenvalue weighted by molar-refractivity contribution is 9.10. The van der Waals surface area contributed by atoms with Crippen LogP contribution in [0.1, 0.15) is 107 Å². The van der Waals surface area contributed by atoms with Gasteiger partial charge in [0.1, 0.15) is 12.4 Å². The number of ether oxygens (including phenoxy) is 2. The molecule has 0 heterocycles. The van der Waals surface area contributed by atoms with Gasteiger partial charge in [-0.3, -0.25) is 4.79 Å². The minimum Gasteiger partial charge on any atom is -0.490 e. The Bertz CT molecular complexity index is 580.